The number of halogens is 1. The molecule has 1 aliphatic carbocycles. The monoisotopic (exact) mass is 307 g/mol. The number of aromatic nitrogens is 1. The average molecular weight is 308 g/mol. The molecule has 3 aliphatic rings. The third-order valence-corrected chi connectivity index (χ3v) is 4.07. The Morgan fingerprint density at radius 1 is 0.857 bits per heavy atom. The molecule has 5 rings (SSSR count). The topological polar surface area (TPSA) is 96.1 Å². The molecule has 21 heavy (non-hydrogen) atoms. The molecular formula is C15H14ClNO4. The minimum Gasteiger partial charge on any atom is -0.222 e. The lowest BCUT2D eigenvalue weighted by molar-refractivity contribution is -2.00. The van der Waals surface area contributed by atoms with Crippen molar-refractivity contribution < 1.29 is 33.4 Å². The van der Waals surface area contributed by atoms with Gasteiger partial charge in [0.05, 0.1) is 5.92 Å². The maximum Gasteiger partial charge on any atom is 0.189 e. The standard InChI is InChI=1S/C15H14N.ClHO4/c1-2-6-12-11(5-1)13-8-9-15(12)16-10-4-3-7-14(13)16;2-1(3,4)5/h1-7,10,13,15H,8-9H2;(H,2,3,4,5)/q+1;/p-1. The van der Waals surface area contributed by atoms with E-state index in [0.29, 0.717) is 12.0 Å². The molecule has 0 radical (unpaired) electrons. The van der Waals surface area contributed by atoms with Crippen molar-refractivity contribution in [1.29, 1.82) is 0 Å². The summed E-state index contributed by atoms with van der Waals surface area (Å²) in [6.07, 6.45) is 4.84. The second-order valence-corrected chi connectivity index (χ2v) is 5.94. The van der Waals surface area contributed by atoms with Crippen molar-refractivity contribution in [3.05, 3.63) is 65.5 Å². The van der Waals surface area contributed by atoms with Gasteiger partial charge in [-0.25, -0.2) is 18.6 Å². The van der Waals surface area contributed by atoms with Crippen molar-refractivity contribution in [2.45, 2.75) is 24.8 Å². The Kier molecular flexibility index (Phi) is 3.69. The molecule has 0 N–H and O–H groups in total. The van der Waals surface area contributed by atoms with Crippen molar-refractivity contribution >= 4 is 0 Å². The fraction of sp³-hybridized carbons (Fsp3) is 0.267. The van der Waals surface area contributed by atoms with E-state index < -0.39 is 10.2 Å². The Morgan fingerprint density at radius 3 is 2.19 bits per heavy atom. The minimum absolute atomic E-state index is 0.581. The van der Waals surface area contributed by atoms with Crippen LogP contribution in [0.1, 0.15) is 41.6 Å². The number of benzene rings is 1. The highest BCUT2D eigenvalue weighted by Crippen LogP contribution is 2.44. The highest BCUT2D eigenvalue weighted by atomic mass is 35.7. The molecule has 1 aromatic carbocycles. The van der Waals surface area contributed by atoms with Crippen LogP contribution >= 0.6 is 0 Å². The van der Waals surface area contributed by atoms with Crippen LogP contribution in [-0.2, 0) is 0 Å². The second kappa shape index (κ2) is 5.36. The molecule has 0 saturated carbocycles. The number of fused-ring (bicyclic) bond motifs is 1. The first kappa shape index (κ1) is 14.4. The molecule has 1 aromatic heterocycles. The Morgan fingerprint density at radius 2 is 1.48 bits per heavy atom. The summed E-state index contributed by atoms with van der Waals surface area (Å²) in [6, 6.07) is 16.1. The molecule has 2 unspecified atom stereocenters. The lowest BCUT2D eigenvalue weighted by atomic mass is 9.74. The summed E-state index contributed by atoms with van der Waals surface area (Å²) in [6.45, 7) is 0. The normalized spacial score (nSPS) is 21.9. The molecule has 3 heterocycles. The van der Waals surface area contributed by atoms with Gasteiger partial charge < -0.3 is 0 Å². The summed E-state index contributed by atoms with van der Waals surface area (Å²) < 4.78 is 36.4. The molecule has 0 amide bonds. The van der Waals surface area contributed by atoms with Crippen LogP contribution in [0.3, 0.4) is 0 Å². The van der Waals surface area contributed by atoms with Gasteiger partial charge in [0.1, 0.15) is 0 Å². The van der Waals surface area contributed by atoms with Gasteiger partial charge in [0.15, 0.2) is 17.9 Å². The fourth-order valence-electron chi connectivity index (χ4n) is 3.41. The van der Waals surface area contributed by atoms with Crippen LogP contribution in [-0.4, -0.2) is 0 Å². The van der Waals surface area contributed by atoms with Gasteiger partial charge in [-0.05, 0) is 12.0 Å². The van der Waals surface area contributed by atoms with Crippen LogP contribution in [0.25, 0.3) is 0 Å². The maximum absolute atomic E-state index is 8.49. The van der Waals surface area contributed by atoms with Crippen LogP contribution in [0.4, 0.5) is 0 Å². The van der Waals surface area contributed by atoms with Gasteiger partial charge in [0.2, 0.25) is 0 Å². The lowest BCUT2D eigenvalue weighted by Crippen LogP contribution is -2.68. The molecule has 0 saturated heterocycles. The number of pyridine rings is 1. The van der Waals surface area contributed by atoms with Gasteiger partial charge in [0, 0.05) is 24.1 Å². The Bertz CT molecular complexity index is 553. The predicted octanol–water partition coefficient (Wildman–Crippen LogP) is -1.95. The summed E-state index contributed by atoms with van der Waals surface area (Å²) in [5, 5.41) is 0. The third kappa shape index (κ3) is 2.92. The molecule has 5 nitrogen and oxygen atoms in total. The quantitative estimate of drug-likeness (QED) is 0.528. The van der Waals surface area contributed by atoms with E-state index in [1.807, 2.05) is 0 Å². The fourth-order valence-corrected chi connectivity index (χ4v) is 3.41. The first-order chi connectivity index (χ1) is 9.95. The zero-order valence-corrected chi connectivity index (χ0v) is 11.9. The van der Waals surface area contributed by atoms with Crippen LogP contribution in [0.2, 0.25) is 0 Å². The van der Waals surface area contributed by atoms with Crippen molar-refractivity contribution in [3.63, 3.8) is 0 Å². The summed E-state index contributed by atoms with van der Waals surface area (Å²) in [5.41, 5.74) is 4.60. The maximum atomic E-state index is 8.49. The van der Waals surface area contributed by atoms with Crippen molar-refractivity contribution in [3.8, 4) is 0 Å². The smallest absolute Gasteiger partial charge is 0.189 e. The Balaban J connectivity index is 0.000000233. The molecule has 2 aliphatic heterocycles. The van der Waals surface area contributed by atoms with Crippen LogP contribution in [0, 0.1) is 10.2 Å². The summed E-state index contributed by atoms with van der Waals surface area (Å²) in [7, 11) is -4.94. The van der Waals surface area contributed by atoms with E-state index >= 15 is 0 Å². The summed E-state index contributed by atoms with van der Waals surface area (Å²) in [4.78, 5) is 0. The van der Waals surface area contributed by atoms with E-state index in [2.05, 4.69) is 53.2 Å². The van der Waals surface area contributed by atoms with E-state index in [1.54, 1.807) is 11.1 Å². The lowest BCUT2D eigenvalue weighted by Gasteiger charge is -2.34. The minimum atomic E-state index is -4.94. The summed E-state index contributed by atoms with van der Waals surface area (Å²) >= 11 is 0. The number of rotatable bonds is 0. The van der Waals surface area contributed by atoms with Gasteiger partial charge in [-0.3, -0.25) is 0 Å². The molecule has 6 heteroatoms. The van der Waals surface area contributed by atoms with E-state index in [1.165, 1.54) is 18.5 Å². The van der Waals surface area contributed by atoms with Crippen molar-refractivity contribution in [1.82, 2.24) is 0 Å². The van der Waals surface area contributed by atoms with E-state index in [9.17, 15) is 0 Å². The average Bonchev–Trinajstić information content (AvgIpc) is 2.46. The molecular weight excluding hydrogens is 294 g/mol. The molecule has 2 bridgehead atoms. The Hall–Kier alpha value is -1.50. The van der Waals surface area contributed by atoms with Gasteiger partial charge in [0.25, 0.3) is 0 Å². The number of hydrogen-bond donors (Lipinski definition) is 0. The molecule has 0 spiro atoms. The van der Waals surface area contributed by atoms with E-state index in [-0.39, 0.29) is 0 Å². The highest BCUT2D eigenvalue weighted by Gasteiger charge is 2.42. The number of nitrogens with zero attached hydrogens (tertiary/aromatic N) is 1. The molecule has 0 fully saturated rings. The van der Waals surface area contributed by atoms with E-state index in [0.717, 1.165) is 0 Å². The predicted molar refractivity (Wildman–Crippen MR) is 62.3 cm³/mol. The molecule has 2 atom stereocenters. The van der Waals surface area contributed by atoms with Gasteiger partial charge in [-0.1, -0.05) is 30.3 Å². The Labute approximate surface area is 124 Å². The zero-order chi connectivity index (χ0) is 15.0. The number of hydrogen-bond acceptors (Lipinski definition) is 4. The van der Waals surface area contributed by atoms with Gasteiger partial charge in [-0.15, -0.1) is 10.2 Å². The van der Waals surface area contributed by atoms with Crippen molar-refractivity contribution in [2.75, 3.05) is 0 Å². The SMILES string of the molecule is [O-][Cl+3]([O-])([O-])[O-].c1ccc2c(c1)C1CCC2[n+]2ccccc21. The van der Waals surface area contributed by atoms with Gasteiger partial charge >= 0.3 is 0 Å². The first-order valence-electron chi connectivity index (χ1n) is 6.66. The summed E-state index contributed by atoms with van der Waals surface area (Å²) in [5.74, 6) is 0.627. The largest absolute Gasteiger partial charge is 0.222 e. The van der Waals surface area contributed by atoms with Crippen LogP contribution in [0.5, 0.6) is 0 Å². The third-order valence-electron chi connectivity index (χ3n) is 4.07. The zero-order valence-electron chi connectivity index (χ0n) is 11.1. The second-order valence-electron chi connectivity index (χ2n) is 5.19. The van der Waals surface area contributed by atoms with Crippen molar-refractivity contribution in [2.24, 2.45) is 0 Å². The molecule has 110 valence electrons. The highest BCUT2D eigenvalue weighted by molar-refractivity contribution is 5.40. The first-order valence-corrected chi connectivity index (χ1v) is 7.89. The molecule has 2 aromatic rings. The van der Waals surface area contributed by atoms with Crippen LogP contribution < -0.4 is 23.2 Å². The van der Waals surface area contributed by atoms with Crippen LogP contribution in [0.15, 0.2) is 48.7 Å². The van der Waals surface area contributed by atoms with Gasteiger partial charge in [-0.2, -0.15) is 4.57 Å². The van der Waals surface area contributed by atoms with E-state index in [4.69, 9.17) is 18.6 Å².